The van der Waals surface area contributed by atoms with Crippen molar-refractivity contribution < 1.29 is 4.74 Å². The first-order valence-corrected chi connectivity index (χ1v) is 6.32. The number of fused-ring (bicyclic) bond motifs is 1. The predicted molar refractivity (Wildman–Crippen MR) is 68.7 cm³/mol. The van der Waals surface area contributed by atoms with Crippen LogP contribution in [0.4, 0.5) is 0 Å². The van der Waals surface area contributed by atoms with Gasteiger partial charge in [-0.1, -0.05) is 15.9 Å². The lowest BCUT2D eigenvalue weighted by Crippen LogP contribution is -2.06. The molecule has 0 spiro atoms. The second-order valence-electron chi connectivity index (χ2n) is 3.41. The van der Waals surface area contributed by atoms with E-state index in [1.807, 2.05) is 0 Å². The van der Waals surface area contributed by atoms with Crippen molar-refractivity contribution in [3.8, 4) is 5.75 Å². The molecule has 14 heavy (non-hydrogen) atoms. The standard InChI is InChI=1S/C10H11BrINO/c1-14-10-5-2-3-8(13)9(5)6(11)4-7(10)12/h4,8H,2-3,13H2,1H3/t8-/m0/s1. The lowest BCUT2D eigenvalue weighted by molar-refractivity contribution is 0.407. The zero-order valence-electron chi connectivity index (χ0n) is 7.81. The van der Waals surface area contributed by atoms with Crippen LogP contribution >= 0.6 is 38.5 Å². The molecule has 1 atom stereocenters. The van der Waals surface area contributed by atoms with Crippen LogP contribution in [0.5, 0.6) is 5.75 Å². The fourth-order valence-electron chi connectivity index (χ4n) is 1.98. The van der Waals surface area contributed by atoms with Crippen LogP contribution in [-0.2, 0) is 6.42 Å². The third kappa shape index (κ3) is 1.57. The maximum atomic E-state index is 6.03. The average Bonchev–Trinajstić information content (AvgIpc) is 2.49. The van der Waals surface area contributed by atoms with Crippen LogP contribution in [0.2, 0.25) is 0 Å². The number of benzene rings is 1. The zero-order chi connectivity index (χ0) is 10.3. The molecule has 0 unspecified atom stereocenters. The summed E-state index contributed by atoms with van der Waals surface area (Å²) in [6.45, 7) is 0. The van der Waals surface area contributed by atoms with E-state index in [1.165, 1.54) is 11.1 Å². The highest BCUT2D eigenvalue weighted by molar-refractivity contribution is 14.1. The molecule has 76 valence electrons. The summed E-state index contributed by atoms with van der Waals surface area (Å²) < 4.78 is 7.66. The van der Waals surface area contributed by atoms with Crippen molar-refractivity contribution in [1.82, 2.24) is 0 Å². The van der Waals surface area contributed by atoms with Gasteiger partial charge in [-0.25, -0.2) is 0 Å². The third-order valence-corrected chi connectivity index (χ3v) is 4.06. The molecule has 1 aromatic rings. The number of halogens is 2. The van der Waals surface area contributed by atoms with Gasteiger partial charge in [-0.15, -0.1) is 0 Å². The first-order valence-electron chi connectivity index (χ1n) is 4.45. The Morgan fingerprint density at radius 2 is 2.36 bits per heavy atom. The summed E-state index contributed by atoms with van der Waals surface area (Å²) in [6.07, 6.45) is 2.04. The molecule has 0 radical (unpaired) electrons. The molecule has 2 nitrogen and oxygen atoms in total. The molecule has 4 heteroatoms. The van der Waals surface area contributed by atoms with Crippen molar-refractivity contribution in [3.05, 3.63) is 25.2 Å². The van der Waals surface area contributed by atoms with Crippen LogP contribution in [0, 0.1) is 3.57 Å². The minimum Gasteiger partial charge on any atom is -0.495 e. The maximum absolute atomic E-state index is 6.03. The molecule has 0 aromatic heterocycles. The van der Waals surface area contributed by atoms with E-state index in [9.17, 15) is 0 Å². The third-order valence-electron chi connectivity index (χ3n) is 2.61. The van der Waals surface area contributed by atoms with Gasteiger partial charge in [0.1, 0.15) is 5.75 Å². The lowest BCUT2D eigenvalue weighted by Gasteiger charge is -2.13. The van der Waals surface area contributed by atoms with E-state index < -0.39 is 0 Å². The first-order chi connectivity index (χ1) is 6.65. The Balaban J connectivity index is 2.66. The topological polar surface area (TPSA) is 35.2 Å². The van der Waals surface area contributed by atoms with Gasteiger partial charge in [0, 0.05) is 16.1 Å². The number of hydrogen-bond donors (Lipinski definition) is 1. The SMILES string of the molecule is COc1c(I)cc(Br)c2c1CC[C@@H]2N. The second kappa shape index (κ2) is 3.98. The largest absolute Gasteiger partial charge is 0.495 e. The highest BCUT2D eigenvalue weighted by Gasteiger charge is 2.26. The van der Waals surface area contributed by atoms with E-state index >= 15 is 0 Å². The Morgan fingerprint density at radius 3 is 3.00 bits per heavy atom. The van der Waals surface area contributed by atoms with Crippen LogP contribution in [-0.4, -0.2) is 7.11 Å². The monoisotopic (exact) mass is 367 g/mol. The molecule has 2 rings (SSSR count). The highest BCUT2D eigenvalue weighted by Crippen LogP contribution is 2.42. The van der Waals surface area contributed by atoms with Crippen molar-refractivity contribution in [2.24, 2.45) is 5.73 Å². The normalized spacial score (nSPS) is 19.6. The summed E-state index contributed by atoms with van der Waals surface area (Å²) >= 11 is 5.85. The van der Waals surface area contributed by atoms with Gasteiger partial charge in [0.25, 0.3) is 0 Å². The van der Waals surface area contributed by atoms with E-state index in [0.29, 0.717) is 0 Å². The van der Waals surface area contributed by atoms with Crippen LogP contribution in [0.25, 0.3) is 0 Å². The van der Waals surface area contributed by atoms with Crippen LogP contribution in [0.3, 0.4) is 0 Å². The van der Waals surface area contributed by atoms with E-state index in [0.717, 1.165) is 26.6 Å². The number of hydrogen-bond acceptors (Lipinski definition) is 2. The summed E-state index contributed by atoms with van der Waals surface area (Å²) in [4.78, 5) is 0. The fourth-order valence-corrected chi connectivity index (χ4v) is 4.03. The van der Waals surface area contributed by atoms with Gasteiger partial charge in [0.15, 0.2) is 0 Å². The molecular weight excluding hydrogens is 357 g/mol. The van der Waals surface area contributed by atoms with Crippen molar-refractivity contribution in [2.75, 3.05) is 7.11 Å². The van der Waals surface area contributed by atoms with Gasteiger partial charge < -0.3 is 10.5 Å². The summed E-state index contributed by atoms with van der Waals surface area (Å²) in [6, 6.07) is 2.23. The molecule has 0 saturated carbocycles. The number of methoxy groups -OCH3 is 1. The van der Waals surface area contributed by atoms with Gasteiger partial charge >= 0.3 is 0 Å². The molecule has 0 heterocycles. The van der Waals surface area contributed by atoms with Crippen LogP contribution in [0.1, 0.15) is 23.6 Å². The highest BCUT2D eigenvalue weighted by atomic mass is 127. The molecule has 0 aliphatic heterocycles. The molecule has 1 aliphatic rings. The molecule has 0 saturated heterocycles. The Bertz CT molecular complexity index is 381. The van der Waals surface area contributed by atoms with Gasteiger partial charge in [0.05, 0.1) is 10.7 Å². The second-order valence-corrected chi connectivity index (χ2v) is 5.43. The molecule has 1 aromatic carbocycles. The number of rotatable bonds is 1. The van der Waals surface area contributed by atoms with E-state index in [4.69, 9.17) is 10.5 Å². The summed E-state index contributed by atoms with van der Waals surface area (Å²) in [7, 11) is 1.72. The quantitative estimate of drug-likeness (QED) is 0.774. The number of ether oxygens (including phenoxy) is 1. The molecule has 2 N–H and O–H groups in total. The molecule has 0 fully saturated rings. The number of nitrogens with two attached hydrogens (primary N) is 1. The minimum absolute atomic E-state index is 0.158. The molecule has 0 amide bonds. The summed E-state index contributed by atoms with van der Waals surface area (Å²) in [5.41, 5.74) is 8.53. The predicted octanol–water partition coefficient (Wildman–Crippen LogP) is 3.01. The van der Waals surface area contributed by atoms with Crippen molar-refractivity contribution in [3.63, 3.8) is 0 Å². The summed E-state index contributed by atoms with van der Waals surface area (Å²) in [5.74, 6) is 0.997. The maximum Gasteiger partial charge on any atom is 0.135 e. The van der Waals surface area contributed by atoms with Crippen molar-refractivity contribution >= 4 is 38.5 Å². The Labute approximate surface area is 105 Å². The average molecular weight is 368 g/mol. The molecule has 1 aliphatic carbocycles. The molecule has 0 bridgehead atoms. The van der Waals surface area contributed by atoms with Crippen LogP contribution < -0.4 is 10.5 Å². The van der Waals surface area contributed by atoms with Crippen molar-refractivity contribution in [1.29, 1.82) is 0 Å². The smallest absolute Gasteiger partial charge is 0.135 e. The lowest BCUT2D eigenvalue weighted by atomic mass is 10.1. The van der Waals surface area contributed by atoms with E-state index in [-0.39, 0.29) is 6.04 Å². The van der Waals surface area contributed by atoms with Crippen LogP contribution in [0.15, 0.2) is 10.5 Å². The van der Waals surface area contributed by atoms with E-state index in [2.05, 4.69) is 44.6 Å². The van der Waals surface area contributed by atoms with Crippen molar-refractivity contribution in [2.45, 2.75) is 18.9 Å². The van der Waals surface area contributed by atoms with E-state index in [1.54, 1.807) is 7.11 Å². The van der Waals surface area contributed by atoms with Gasteiger partial charge in [-0.3, -0.25) is 0 Å². The zero-order valence-corrected chi connectivity index (χ0v) is 11.6. The molecular formula is C10H11BrINO. The van der Waals surface area contributed by atoms with Gasteiger partial charge in [0.2, 0.25) is 0 Å². The first kappa shape index (κ1) is 10.7. The fraction of sp³-hybridized carbons (Fsp3) is 0.400. The Kier molecular flexibility index (Phi) is 3.04. The van der Waals surface area contributed by atoms with Gasteiger partial charge in [-0.05, 0) is 47.1 Å². The Hall–Kier alpha value is 0.190. The Morgan fingerprint density at radius 1 is 1.64 bits per heavy atom. The van der Waals surface area contributed by atoms with Gasteiger partial charge in [-0.2, -0.15) is 0 Å². The minimum atomic E-state index is 0.158. The summed E-state index contributed by atoms with van der Waals surface area (Å²) in [5, 5.41) is 0.